The second kappa shape index (κ2) is 7.65. The van der Waals surface area contributed by atoms with Gasteiger partial charge in [-0.3, -0.25) is 14.9 Å². The van der Waals surface area contributed by atoms with Crippen LogP contribution in [0.1, 0.15) is 35.2 Å². The van der Waals surface area contributed by atoms with Crippen LogP contribution in [0.15, 0.2) is 42.5 Å². The molecular weight excluding hydrogens is 346 g/mol. The molecule has 0 atom stereocenters. The monoisotopic (exact) mass is 369 g/mol. The van der Waals surface area contributed by atoms with Gasteiger partial charge < -0.3 is 15.4 Å². The number of hydrogen-bond acceptors (Lipinski definition) is 5. The molecule has 142 valence electrons. The maximum Gasteiger partial charge on any atom is 0.293 e. The zero-order chi connectivity index (χ0) is 19.4. The number of amides is 1. The van der Waals surface area contributed by atoms with Crippen LogP contribution in [0.2, 0.25) is 0 Å². The lowest BCUT2D eigenvalue weighted by molar-refractivity contribution is -0.384. The van der Waals surface area contributed by atoms with Gasteiger partial charge in [-0.05, 0) is 31.0 Å². The predicted molar refractivity (Wildman–Crippen MR) is 103 cm³/mol. The van der Waals surface area contributed by atoms with Crippen LogP contribution in [-0.2, 0) is 5.41 Å². The van der Waals surface area contributed by atoms with Gasteiger partial charge in [-0.15, -0.1) is 0 Å². The molecule has 1 aliphatic rings. The first-order valence-corrected chi connectivity index (χ1v) is 8.88. The van der Waals surface area contributed by atoms with E-state index in [0.29, 0.717) is 12.2 Å². The zero-order valence-corrected chi connectivity index (χ0v) is 15.5. The van der Waals surface area contributed by atoms with Gasteiger partial charge in [0, 0.05) is 36.2 Å². The van der Waals surface area contributed by atoms with Gasteiger partial charge in [-0.2, -0.15) is 0 Å². The number of nitrogens with one attached hydrogen (secondary N) is 2. The molecule has 0 saturated heterocycles. The molecule has 2 aromatic carbocycles. The summed E-state index contributed by atoms with van der Waals surface area (Å²) in [6.45, 7) is 0.563. The lowest BCUT2D eigenvalue weighted by Crippen LogP contribution is -2.41. The molecule has 0 radical (unpaired) electrons. The van der Waals surface area contributed by atoms with Crippen molar-refractivity contribution in [3.8, 4) is 5.75 Å². The Morgan fingerprint density at radius 3 is 2.59 bits per heavy atom. The summed E-state index contributed by atoms with van der Waals surface area (Å²) in [5.41, 5.74) is 1.58. The highest BCUT2D eigenvalue weighted by Crippen LogP contribution is 2.47. The molecule has 0 bridgehead atoms. The third-order valence-electron chi connectivity index (χ3n) is 5.29. The SMILES string of the molecule is CNC(=O)c1ccc(NCC2(c3ccccc3OC)CCC2)c([N+](=O)[O-])c1. The Bertz CT molecular complexity index is 862. The lowest BCUT2D eigenvalue weighted by Gasteiger charge is -2.43. The second-order valence-electron chi connectivity index (χ2n) is 6.76. The van der Waals surface area contributed by atoms with Crippen molar-refractivity contribution in [2.24, 2.45) is 0 Å². The van der Waals surface area contributed by atoms with E-state index in [1.807, 2.05) is 18.2 Å². The molecule has 1 saturated carbocycles. The number of nitro groups is 1. The number of benzene rings is 2. The highest BCUT2D eigenvalue weighted by Gasteiger charge is 2.40. The molecule has 1 fully saturated rings. The summed E-state index contributed by atoms with van der Waals surface area (Å²) in [4.78, 5) is 22.8. The molecule has 0 spiro atoms. The summed E-state index contributed by atoms with van der Waals surface area (Å²) in [5, 5.41) is 17.2. The summed E-state index contributed by atoms with van der Waals surface area (Å²) < 4.78 is 5.52. The van der Waals surface area contributed by atoms with E-state index in [1.165, 1.54) is 13.1 Å². The topological polar surface area (TPSA) is 93.5 Å². The summed E-state index contributed by atoms with van der Waals surface area (Å²) >= 11 is 0. The van der Waals surface area contributed by atoms with Crippen molar-refractivity contribution in [1.29, 1.82) is 0 Å². The Morgan fingerprint density at radius 1 is 1.26 bits per heavy atom. The fraction of sp³-hybridized carbons (Fsp3) is 0.350. The predicted octanol–water partition coefficient (Wildman–Crippen LogP) is 3.50. The minimum Gasteiger partial charge on any atom is -0.496 e. The van der Waals surface area contributed by atoms with E-state index in [4.69, 9.17) is 4.74 Å². The summed E-state index contributed by atoms with van der Waals surface area (Å²) in [5.74, 6) is 0.484. The van der Waals surface area contributed by atoms with E-state index >= 15 is 0 Å². The van der Waals surface area contributed by atoms with Gasteiger partial charge in [0.15, 0.2) is 0 Å². The van der Waals surface area contributed by atoms with Crippen molar-refractivity contribution < 1.29 is 14.5 Å². The third kappa shape index (κ3) is 3.58. The van der Waals surface area contributed by atoms with Gasteiger partial charge in [0.2, 0.25) is 0 Å². The molecule has 0 heterocycles. The number of para-hydroxylation sites is 1. The van der Waals surface area contributed by atoms with Crippen molar-refractivity contribution in [2.75, 3.05) is 26.0 Å². The molecule has 7 heteroatoms. The molecule has 1 aliphatic carbocycles. The van der Waals surface area contributed by atoms with Gasteiger partial charge >= 0.3 is 0 Å². The van der Waals surface area contributed by atoms with Crippen LogP contribution in [0.25, 0.3) is 0 Å². The number of carbonyl (C=O) groups is 1. The number of anilines is 1. The Morgan fingerprint density at radius 2 is 2.00 bits per heavy atom. The van der Waals surface area contributed by atoms with Gasteiger partial charge in [0.05, 0.1) is 12.0 Å². The zero-order valence-electron chi connectivity index (χ0n) is 15.5. The van der Waals surface area contributed by atoms with E-state index in [0.717, 1.165) is 30.6 Å². The average molecular weight is 369 g/mol. The molecular formula is C20H23N3O4. The number of ether oxygens (including phenoxy) is 1. The standard InChI is InChI=1S/C20H23N3O4/c1-21-19(24)14-8-9-16(17(12-14)23(25)26)22-13-20(10-5-11-20)15-6-3-4-7-18(15)27-2/h3-4,6-9,12,22H,5,10-11,13H2,1-2H3,(H,21,24). The van der Waals surface area contributed by atoms with Crippen molar-refractivity contribution in [1.82, 2.24) is 5.32 Å². The average Bonchev–Trinajstić information content (AvgIpc) is 2.66. The number of methoxy groups -OCH3 is 1. The van der Waals surface area contributed by atoms with Crippen molar-refractivity contribution >= 4 is 17.3 Å². The first-order chi connectivity index (χ1) is 13.0. The molecule has 27 heavy (non-hydrogen) atoms. The van der Waals surface area contributed by atoms with Gasteiger partial charge in [-0.1, -0.05) is 24.6 Å². The van der Waals surface area contributed by atoms with Gasteiger partial charge in [0.25, 0.3) is 11.6 Å². The van der Waals surface area contributed by atoms with Crippen LogP contribution in [-0.4, -0.2) is 31.5 Å². The van der Waals surface area contributed by atoms with Gasteiger partial charge in [-0.25, -0.2) is 0 Å². The van der Waals surface area contributed by atoms with Crippen LogP contribution in [0.3, 0.4) is 0 Å². The lowest BCUT2D eigenvalue weighted by atomic mass is 9.64. The van der Waals surface area contributed by atoms with Crippen LogP contribution >= 0.6 is 0 Å². The second-order valence-corrected chi connectivity index (χ2v) is 6.76. The van der Waals surface area contributed by atoms with E-state index in [9.17, 15) is 14.9 Å². The highest BCUT2D eigenvalue weighted by molar-refractivity contribution is 5.95. The molecule has 0 aliphatic heterocycles. The molecule has 2 N–H and O–H groups in total. The van der Waals surface area contributed by atoms with Crippen LogP contribution in [0.5, 0.6) is 5.75 Å². The van der Waals surface area contributed by atoms with Gasteiger partial charge in [0.1, 0.15) is 11.4 Å². The molecule has 1 amide bonds. The van der Waals surface area contributed by atoms with Crippen LogP contribution in [0.4, 0.5) is 11.4 Å². The Balaban J connectivity index is 1.87. The molecule has 0 unspecified atom stereocenters. The Kier molecular flexibility index (Phi) is 5.30. The fourth-order valence-electron chi connectivity index (χ4n) is 3.61. The third-order valence-corrected chi connectivity index (χ3v) is 5.29. The maximum atomic E-state index is 11.8. The molecule has 3 rings (SSSR count). The Hall–Kier alpha value is -3.09. The van der Waals surface area contributed by atoms with E-state index in [1.54, 1.807) is 19.2 Å². The minimum absolute atomic E-state index is 0.106. The maximum absolute atomic E-state index is 11.8. The number of carbonyl (C=O) groups excluding carboxylic acids is 1. The largest absolute Gasteiger partial charge is 0.496 e. The van der Waals surface area contributed by atoms with E-state index in [-0.39, 0.29) is 22.6 Å². The normalized spacial score (nSPS) is 14.7. The minimum atomic E-state index is -0.467. The van der Waals surface area contributed by atoms with Crippen molar-refractivity contribution in [3.63, 3.8) is 0 Å². The number of nitro benzene ring substituents is 1. The van der Waals surface area contributed by atoms with Crippen LogP contribution in [0, 0.1) is 10.1 Å². The summed E-state index contributed by atoms with van der Waals surface area (Å²) in [6.07, 6.45) is 3.09. The van der Waals surface area contributed by atoms with Crippen molar-refractivity contribution in [2.45, 2.75) is 24.7 Å². The first-order valence-electron chi connectivity index (χ1n) is 8.88. The summed E-state index contributed by atoms with van der Waals surface area (Å²) in [6, 6.07) is 12.4. The van der Waals surface area contributed by atoms with Crippen LogP contribution < -0.4 is 15.4 Å². The molecule has 0 aromatic heterocycles. The quantitative estimate of drug-likeness (QED) is 0.575. The molecule has 7 nitrogen and oxygen atoms in total. The highest BCUT2D eigenvalue weighted by atomic mass is 16.6. The summed E-state index contributed by atoms with van der Waals surface area (Å²) in [7, 11) is 3.15. The number of nitrogens with zero attached hydrogens (tertiary/aromatic N) is 1. The van der Waals surface area contributed by atoms with E-state index < -0.39 is 4.92 Å². The first kappa shape index (κ1) is 18.7. The molecule has 2 aromatic rings. The van der Waals surface area contributed by atoms with E-state index in [2.05, 4.69) is 16.7 Å². The Labute approximate surface area is 157 Å². The van der Waals surface area contributed by atoms with Crippen molar-refractivity contribution in [3.05, 3.63) is 63.7 Å². The smallest absolute Gasteiger partial charge is 0.293 e. The fourth-order valence-corrected chi connectivity index (χ4v) is 3.61. The number of rotatable bonds is 7. The number of hydrogen-bond donors (Lipinski definition) is 2.